The van der Waals surface area contributed by atoms with Crippen molar-refractivity contribution in [2.75, 3.05) is 0 Å². The summed E-state index contributed by atoms with van der Waals surface area (Å²) < 4.78 is 0. The first kappa shape index (κ1) is 13.6. The van der Waals surface area contributed by atoms with E-state index >= 15 is 0 Å². The fraction of sp³-hybridized carbons (Fsp3) is 0.625. The minimum absolute atomic E-state index is 0.131. The van der Waals surface area contributed by atoms with E-state index in [-0.39, 0.29) is 6.61 Å². The number of aliphatic hydroxyl groups excluding tert-OH is 1. The molecule has 0 bridgehead atoms. The molecule has 1 aromatic rings. The van der Waals surface area contributed by atoms with Gasteiger partial charge in [-0.2, -0.15) is 0 Å². The third kappa shape index (κ3) is 3.82. The molecule has 0 amide bonds. The quantitative estimate of drug-likeness (QED) is 0.837. The zero-order valence-corrected chi connectivity index (χ0v) is 11.4. The zero-order valence-electron chi connectivity index (χ0n) is 11.4. The number of hydrogen-bond donors (Lipinski definition) is 2. The van der Waals surface area contributed by atoms with Crippen LogP contribution in [0.3, 0.4) is 0 Å². The first-order chi connectivity index (χ1) is 8.79. The molecule has 1 fully saturated rings. The molecule has 2 nitrogen and oxygen atoms in total. The molecule has 0 aromatic heterocycles. The molecule has 0 unspecified atom stereocenters. The fourth-order valence-corrected chi connectivity index (χ4v) is 2.84. The summed E-state index contributed by atoms with van der Waals surface area (Å²) in [7, 11) is 0. The largest absolute Gasteiger partial charge is 0.392 e. The van der Waals surface area contributed by atoms with Crippen molar-refractivity contribution in [3.05, 3.63) is 35.4 Å². The SMILES string of the molecule is C[C@H](NCc1ccc(CO)cc1)C1CCCCC1. The fourth-order valence-electron chi connectivity index (χ4n) is 2.84. The molecular weight excluding hydrogens is 222 g/mol. The van der Waals surface area contributed by atoms with Crippen molar-refractivity contribution >= 4 is 0 Å². The van der Waals surface area contributed by atoms with E-state index < -0.39 is 0 Å². The van der Waals surface area contributed by atoms with E-state index in [1.165, 1.54) is 37.7 Å². The van der Waals surface area contributed by atoms with Gasteiger partial charge in [0.05, 0.1) is 6.61 Å². The van der Waals surface area contributed by atoms with Crippen LogP contribution < -0.4 is 5.32 Å². The number of hydrogen-bond acceptors (Lipinski definition) is 2. The highest BCUT2D eigenvalue weighted by molar-refractivity contribution is 5.21. The molecule has 1 aliphatic carbocycles. The monoisotopic (exact) mass is 247 g/mol. The van der Waals surface area contributed by atoms with Crippen LogP contribution in [0.1, 0.15) is 50.2 Å². The van der Waals surface area contributed by atoms with Gasteiger partial charge in [-0.1, -0.05) is 43.5 Å². The number of rotatable bonds is 5. The van der Waals surface area contributed by atoms with Gasteiger partial charge in [-0.15, -0.1) is 0 Å². The van der Waals surface area contributed by atoms with E-state index in [0.29, 0.717) is 6.04 Å². The van der Waals surface area contributed by atoms with Crippen molar-refractivity contribution < 1.29 is 5.11 Å². The minimum Gasteiger partial charge on any atom is -0.392 e. The highest BCUT2D eigenvalue weighted by Crippen LogP contribution is 2.26. The molecule has 0 spiro atoms. The summed E-state index contributed by atoms with van der Waals surface area (Å²) in [5, 5.41) is 12.6. The van der Waals surface area contributed by atoms with Crippen molar-refractivity contribution in [2.24, 2.45) is 5.92 Å². The van der Waals surface area contributed by atoms with Gasteiger partial charge in [-0.25, -0.2) is 0 Å². The number of nitrogens with one attached hydrogen (secondary N) is 1. The summed E-state index contributed by atoms with van der Waals surface area (Å²) in [6.07, 6.45) is 7.00. The van der Waals surface area contributed by atoms with E-state index in [0.717, 1.165) is 18.0 Å². The standard InChI is InChI=1S/C16H25NO/c1-13(16-5-3-2-4-6-16)17-11-14-7-9-15(12-18)10-8-14/h7-10,13,16-18H,2-6,11-12H2,1H3/t13-/m0/s1. The normalized spacial score (nSPS) is 18.8. The predicted octanol–water partition coefficient (Wildman–Crippen LogP) is 3.24. The third-order valence-corrected chi connectivity index (χ3v) is 4.19. The van der Waals surface area contributed by atoms with Gasteiger partial charge in [0.1, 0.15) is 0 Å². The van der Waals surface area contributed by atoms with Crippen molar-refractivity contribution in [3.8, 4) is 0 Å². The highest BCUT2D eigenvalue weighted by atomic mass is 16.3. The summed E-state index contributed by atoms with van der Waals surface area (Å²) in [4.78, 5) is 0. The maximum atomic E-state index is 9.00. The lowest BCUT2D eigenvalue weighted by molar-refractivity contribution is 0.280. The molecule has 0 aliphatic heterocycles. The van der Waals surface area contributed by atoms with Gasteiger partial charge < -0.3 is 10.4 Å². The van der Waals surface area contributed by atoms with Gasteiger partial charge in [-0.3, -0.25) is 0 Å². The Morgan fingerprint density at radius 3 is 2.33 bits per heavy atom. The van der Waals surface area contributed by atoms with E-state index in [1.807, 2.05) is 12.1 Å². The summed E-state index contributed by atoms with van der Waals surface area (Å²) in [6.45, 7) is 3.38. The van der Waals surface area contributed by atoms with Crippen molar-refractivity contribution in [1.29, 1.82) is 0 Å². The van der Waals surface area contributed by atoms with Crippen molar-refractivity contribution in [2.45, 2.75) is 58.2 Å². The molecule has 2 N–H and O–H groups in total. The van der Waals surface area contributed by atoms with E-state index in [9.17, 15) is 0 Å². The van der Waals surface area contributed by atoms with Crippen LogP contribution in [-0.2, 0) is 13.2 Å². The molecule has 0 heterocycles. The maximum Gasteiger partial charge on any atom is 0.0681 e. The van der Waals surface area contributed by atoms with Gasteiger partial charge in [0.2, 0.25) is 0 Å². The molecule has 0 saturated heterocycles. The third-order valence-electron chi connectivity index (χ3n) is 4.19. The van der Waals surface area contributed by atoms with Gasteiger partial charge in [-0.05, 0) is 36.8 Å². The Balaban J connectivity index is 1.78. The second-order valence-electron chi connectivity index (χ2n) is 5.54. The molecule has 1 atom stereocenters. The molecule has 2 rings (SSSR count). The van der Waals surface area contributed by atoms with Crippen molar-refractivity contribution in [1.82, 2.24) is 5.32 Å². The van der Waals surface area contributed by atoms with Crippen LogP contribution in [0.25, 0.3) is 0 Å². The second kappa shape index (κ2) is 6.91. The Bertz CT molecular complexity index is 341. The van der Waals surface area contributed by atoms with Crippen LogP contribution in [0.2, 0.25) is 0 Å². The lowest BCUT2D eigenvalue weighted by Gasteiger charge is -2.28. The molecule has 18 heavy (non-hydrogen) atoms. The average Bonchev–Trinajstić information content (AvgIpc) is 2.46. The Hall–Kier alpha value is -0.860. The molecule has 2 heteroatoms. The number of aliphatic hydroxyl groups is 1. The minimum atomic E-state index is 0.131. The van der Waals surface area contributed by atoms with E-state index in [4.69, 9.17) is 5.11 Å². The lowest BCUT2D eigenvalue weighted by atomic mass is 9.84. The van der Waals surface area contributed by atoms with Crippen LogP contribution in [0.4, 0.5) is 0 Å². The molecule has 100 valence electrons. The van der Waals surface area contributed by atoms with Gasteiger partial charge in [0, 0.05) is 12.6 Å². The summed E-state index contributed by atoms with van der Waals surface area (Å²) in [5.74, 6) is 0.857. The van der Waals surface area contributed by atoms with E-state index in [2.05, 4.69) is 24.4 Å². The Labute approximate surface area is 110 Å². The first-order valence-electron chi connectivity index (χ1n) is 7.21. The molecule has 1 aliphatic rings. The molecule has 1 saturated carbocycles. The van der Waals surface area contributed by atoms with Gasteiger partial charge in [0.15, 0.2) is 0 Å². The first-order valence-corrected chi connectivity index (χ1v) is 7.21. The predicted molar refractivity (Wildman–Crippen MR) is 75.2 cm³/mol. The van der Waals surface area contributed by atoms with Crippen molar-refractivity contribution in [3.63, 3.8) is 0 Å². The summed E-state index contributed by atoms with van der Waals surface area (Å²) >= 11 is 0. The topological polar surface area (TPSA) is 32.3 Å². The molecular formula is C16H25NO. The molecule has 1 aromatic carbocycles. The van der Waals surface area contributed by atoms with Gasteiger partial charge >= 0.3 is 0 Å². The Morgan fingerprint density at radius 2 is 1.72 bits per heavy atom. The molecule has 0 radical (unpaired) electrons. The van der Waals surface area contributed by atoms with Crippen LogP contribution in [0.5, 0.6) is 0 Å². The average molecular weight is 247 g/mol. The van der Waals surface area contributed by atoms with Gasteiger partial charge in [0.25, 0.3) is 0 Å². The second-order valence-corrected chi connectivity index (χ2v) is 5.54. The Morgan fingerprint density at radius 1 is 1.11 bits per heavy atom. The van der Waals surface area contributed by atoms with Crippen LogP contribution in [0.15, 0.2) is 24.3 Å². The lowest BCUT2D eigenvalue weighted by Crippen LogP contribution is -2.34. The smallest absolute Gasteiger partial charge is 0.0681 e. The highest BCUT2D eigenvalue weighted by Gasteiger charge is 2.19. The summed E-state index contributed by atoms with van der Waals surface area (Å²) in [5.41, 5.74) is 2.29. The van der Waals surface area contributed by atoms with E-state index in [1.54, 1.807) is 0 Å². The maximum absolute atomic E-state index is 9.00. The Kier molecular flexibility index (Phi) is 5.21. The van der Waals surface area contributed by atoms with Crippen LogP contribution in [0, 0.1) is 5.92 Å². The zero-order chi connectivity index (χ0) is 12.8. The van der Waals surface area contributed by atoms with Crippen LogP contribution in [-0.4, -0.2) is 11.1 Å². The van der Waals surface area contributed by atoms with Crippen LogP contribution >= 0.6 is 0 Å². The summed E-state index contributed by atoms with van der Waals surface area (Å²) in [6, 6.07) is 8.82. The number of benzene rings is 1.